The van der Waals surface area contributed by atoms with Crippen molar-refractivity contribution in [1.82, 2.24) is 0 Å². The van der Waals surface area contributed by atoms with Gasteiger partial charge in [-0.3, -0.25) is 4.79 Å². The van der Waals surface area contributed by atoms with Gasteiger partial charge in [-0.15, -0.1) is 0 Å². The van der Waals surface area contributed by atoms with Crippen LogP contribution in [-0.2, 0) is 9.22 Å². The highest BCUT2D eigenvalue weighted by Crippen LogP contribution is 2.39. The Balaban J connectivity index is 3.28. The molecule has 1 amide bonds. The van der Waals surface area contributed by atoms with Crippen LogP contribution in [-0.4, -0.2) is 40.5 Å². The van der Waals surface area contributed by atoms with E-state index < -0.39 is 40.5 Å². The molecule has 0 aliphatic carbocycles. The molecule has 0 heterocycles. The Morgan fingerprint density at radius 2 is 1.33 bits per heavy atom. The van der Waals surface area contributed by atoms with Crippen molar-refractivity contribution in [2.75, 3.05) is 4.57 Å². The first-order chi connectivity index (χ1) is 11.9. The molecule has 0 aromatic heterocycles. The monoisotopic (exact) mass is 427 g/mol. The van der Waals surface area contributed by atoms with Crippen molar-refractivity contribution in [3.8, 4) is 0 Å². The predicted molar refractivity (Wildman–Crippen MR) is 97.0 cm³/mol. The number of nitrogens with zero attached hydrogens (tertiary/aromatic N) is 1. The largest absolute Gasteiger partial charge is 0.516 e. The van der Waals surface area contributed by atoms with Gasteiger partial charge in [0, 0.05) is 5.69 Å². The number of anilines is 1. The summed E-state index contributed by atoms with van der Waals surface area (Å²) in [6.45, 7) is 9.78. The normalized spacial score (nSPS) is 13.3. The topological polar surface area (TPSA) is 46.6 Å². The third kappa shape index (κ3) is 5.61. The summed E-state index contributed by atoms with van der Waals surface area (Å²) < 4.78 is 71.0. The van der Waals surface area contributed by atoms with E-state index in [4.69, 9.17) is 4.43 Å². The highest BCUT2D eigenvalue weighted by Gasteiger charge is 2.65. The highest BCUT2D eigenvalue weighted by atomic mass is 28.4. The number of amides is 1. The molecule has 27 heavy (non-hydrogen) atoms. The number of benzene rings is 1. The number of hydrogen-bond donors (Lipinski definition) is 0. The van der Waals surface area contributed by atoms with Crippen LogP contribution in [0.25, 0.3) is 0 Å². The number of rotatable bonds is 5. The Morgan fingerprint density at radius 3 is 1.67 bits per heavy atom. The summed E-state index contributed by atoms with van der Waals surface area (Å²) in [5.41, 5.74) is -0.0145. The Kier molecular flexibility index (Phi) is 6.33. The lowest BCUT2D eigenvalue weighted by atomic mass is 10.2. The second kappa shape index (κ2) is 7.34. The lowest BCUT2D eigenvalue weighted by Gasteiger charge is -2.37. The van der Waals surface area contributed by atoms with Gasteiger partial charge in [0.1, 0.15) is 0 Å². The molecule has 0 saturated carbocycles. The van der Waals surface area contributed by atoms with E-state index in [9.17, 15) is 31.5 Å². The van der Waals surface area contributed by atoms with E-state index in [0.29, 0.717) is 4.57 Å². The van der Waals surface area contributed by atoms with E-state index in [1.807, 2.05) is 0 Å². The zero-order valence-electron chi connectivity index (χ0n) is 15.9. The molecule has 0 radical (unpaired) electrons. The summed E-state index contributed by atoms with van der Waals surface area (Å²) in [6, 6.07) is 4.82. The quantitative estimate of drug-likeness (QED) is 0.488. The van der Waals surface area contributed by atoms with E-state index in [1.54, 1.807) is 19.6 Å². The molecule has 0 N–H and O–H groups in total. The van der Waals surface area contributed by atoms with Crippen molar-refractivity contribution in [2.45, 2.75) is 51.4 Å². The molecule has 1 aromatic rings. The SMILES string of the molecule is C[Si](C)(C)OC(=O)c1ccc(N(C(=O)C(F)(F)C(F)(F)F)[Si](C)(C)C)cc1. The molecule has 0 aliphatic heterocycles. The van der Waals surface area contributed by atoms with Crippen LogP contribution < -0.4 is 4.57 Å². The van der Waals surface area contributed by atoms with Crippen LogP contribution in [0.2, 0.25) is 39.3 Å². The van der Waals surface area contributed by atoms with Crippen molar-refractivity contribution in [3.63, 3.8) is 0 Å². The second-order valence-electron chi connectivity index (χ2n) is 7.93. The molecule has 0 aliphatic rings. The average Bonchev–Trinajstić information content (AvgIpc) is 2.43. The molecule has 1 rings (SSSR count). The van der Waals surface area contributed by atoms with Gasteiger partial charge >= 0.3 is 18.1 Å². The summed E-state index contributed by atoms with van der Waals surface area (Å²) in [4.78, 5) is 24.1. The number of carbonyl (C=O) groups is 2. The highest BCUT2D eigenvalue weighted by molar-refractivity contribution is 6.83. The van der Waals surface area contributed by atoms with Crippen LogP contribution in [0.15, 0.2) is 24.3 Å². The third-order valence-corrected chi connectivity index (χ3v) is 5.86. The van der Waals surface area contributed by atoms with Crippen molar-refractivity contribution in [3.05, 3.63) is 29.8 Å². The second-order valence-corrected chi connectivity index (χ2v) is 17.2. The van der Waals surface area contributed by atoms with E-state index >= 15 is 0 Å². The van der Waals surface area contributed by atoms with Gasteiger partial charge in [0.2, 0.25) is 8.32 Å². The van der Waals surface area contributed by atoms with Gasteiger partial charge in [-0.05, 0) is 43.9 Å². The number of alkyl halides is 5. The first kappa shape index (κ1) is 23.3. The van der Waals surface area contributed by atoms with Gasteiger partial charge in [-0.2, -0.15) is 22.0 Å². The van der Waals surface area contributed by atoms with Crippen LogP contribution in [0.3, 0.4) is 0 Å². The molecule has 0 spiro atoms. The lowest BCUT2D eigenvalue weighted by Crippen LogP contribution is -2.60. The Bertz CT molecular complexity index is 707. The molecule has 0 saturated heterocycles. The molecule has 4 nitrogen and oxygen atoms in total. The summed E-state index contributed by atoms with van der Waals surface area (Å²) in [7, 11) is -5.13. The minimum absolute atomic E-state index is 0.117. The van der Waals surface area contributed by atoms with Gasteiger partial charge in [0.05, 0.1) is 5.56 Å². The van der Waals surface area contributed by atoms with Gasteiger partial charge in [-0.25, -0.2) is 4.79 Å². The van der Waals surface area contributed by atoms with Gasteiger partial charge in [-0.1, -0.05) is 19.6 Å². The van der Waals surface area contributed by atoms with Gasteiger partial charge in [0.15, 0.2) is 8.24 Å². The van der Waals surface area contributed by atoms with Crippen molar-refractivity contribution in [1.29, 1.82) is 0 Å². The maximum Gasteiger partial charge on any atom is 0.463 e. The molecular weight excluding hydrogens is 405 g/mol. The maximum atomic E-state index is 13.6. The molecule has 0 fully saturated rings. The number of carbonyl (C=O) groups excluding carboxylic acids is 2. The summed E-state index contributed by atoms with van der Waals surface area (Å²) in [5.74, 6) is -8.46. The summed E-state index contributed by atoms with van der Waals surface area (Å²) in [6.07, 6.45) is -6.00. The van der Waals surface area contributed by atoms with E-state index in [1.165, 1.54) is 43.9 Å². The van der Waals surface area contributed by atoms with Crippen LogP contribution in [0.4, 0.5) is 27.6 Å². The average molecular weight is 428 g/mol. The zero-order chi connectivity index (χ0) is 21.4. The zero-order valence-corrected chi connectivity index (χ0v) is 17.9. The maximum absolute atomic E-state index is 13.6. The molecule has 0 bridgehead atoms. The molecule has 1 aromatic carbocycles. The lowest BCUT2D eigenvalue weighted by molar-refractivity contribution is -0.268. The fourth-order valence-corrected chi connectivity index (χ4v) is 4.50. The molecule has 0 atom stereocenters. The minimum Gasteiger partial charge on any atom is -0.516 e. The Labute approximate surface area is 156 Å². The first-order valence-electron chi connectivity index (χ1n) is 8.00. The minimum atomic E-state index is -6.00. The smallest absolute Gasteiger partial charge is 0.463 e. The molecule has 152 valence electrons. The third-order valence-electron chi connectivity index (χ3n) is 3.26. The van der Waals surface area contributed by atoms with E-state index in [2.05, 4.69) is 0 Å². The fraction of sp³-hybridized carbons (Fsp3) is 0.500. The summed E-state index contributed by atoms with van der Waals surface area (Å²) >= 11 is 0. The summed E-state index contributed by atoms with van der Waals surface area (Å²) in [5, 5.41) is 0. The predicted octanol–water partition coefficient (Wildman–Crippen LogP) is 5.04. The molecule has 11 heteroatoms. The molecule has 0 unspecified atom stereocenters. The Morgan fingerprint density at radius 1 is 0.889 bits per heavy atom. The van der Waals surface area contributed by atoms with E-state index in [0.717, 1.165) is 0 Å². The molecular formula is C16H22F5NO3Si2. The van der Waals surface area contributed by atoms with Crippen LogP contribution in [0, 0.1) is 0 Å². The van der Waals surface area contributed by atoms with Crippen LogP contribution in [0.5, 0.6) is 0 Å². The Hall–Kier alpha value is -1.76. The van der Waals surface area contributed by atoms with Gasteiger partial charge < -0.3 is 8.99 Å². The first-order valence-corrected chi connectivity index (χ1v) is 14.9. The van der Waals surface area contributed by atoms with Crippen molar-refractivity contribution >= 4 is 34.1 Å². The fourth-order valence-electron chi connectivity index (χ4n) is 2.15. The number of halogens is 5. The number of hydrogen-bond acceptors (Lipinski definition) is 3. The van der Waals surface area contributed by atoms with Crippen LogP contribution >= 0.6 is 0 Å². The van der Waals surface area contributed by atoms with Crippen molar-refractivity contribution in [2.24, 2.45) is 0 Å². The van der Waals surface area contributed by atoms with E-state index in [-0.39, 0.29) is 11.3 Å². The van der Waals surface area contributed by atoms with Crippen LogP contribution in [0.1, 0.15) is 10.4 Å². The van der Waals surface area contributed by atoms with Gasteiger partial charge in [0.25, 0.3) is 5.91 Å². The standard InChI is InChI=1S/C16H22F5NO3Si2/c1-26(2,3)22(14(24)15(17,18)16(19,20)21)12-9-7-11(8-10-12)13(23)25-27(4,5)6/h7-10H,1-6H3. The van der Waals surface area contributed by atoms with Crippen molar-refractivity contribution < 1.29 is 36.0 Å².